The summed E-state index contributed by atoms with van der Waals surface area (Å²) in [4.78, 5) is 26.6. The zero-order valence-corrected chi connectivity index (χ0v) is 13.4. The molecule has 0 aliphatic carbocycles. The van der Waals surface area contributed by atoms with E-state index in [1.165, 1.54) is 12.4 Å². The van der Waals surface area contributed by atoms with Gasteiger partial charge < -0.3 is 10.2 Å². The van der Waals surface area contributed by atoms with Crippen LogP contribution in [0.5, 0.6) is 0 Å². The molecular weight excluding hydrogens is 321 g/mol. The van der Waals surface area contributed by atoms with Gasteiger partial charge >= 0.3 is 0 Å². The third-order valence-electron chi connectivity index (χ3n) is 4.31. The molecule has 6 nitrogen and oxygen atoms in total. The third kappa shape index (κ3) is 3.00. The van der Waals surface area contributed by atoms with Crippen LogP contribution in [0.2, 0.25) is 0 Å². The molecule has 1 atom stereocenters. The highest BCUT2D eigenvalue weighted by atomic mass is 19.1. The minimum atomic E-state index is -0.361. The summed E-state index contributed by atoms with van der Waals surface area (Å²) in [7, 11) is 0. The largest absolute Gasteiger partial charge is 0.365 e. The number of pyridine rings is 1. The van der Waals surface area contributed by atoms with Crippen LogP contribution in [0.15, 0.2) is 48.9 Å². The van der Waals surface area contributed by atoms with Crippen LogP contribution < -0.4 is 5.32 Å². The lowest BCUT2D eigenvalue weighted by Gasteiger charge is -2.17. The highest BCUT2D eigenvalue weighted by molar-refractivity contribution is 5.92. The number of amides is 1. The van der Waals surface area contributed by atoms with Crippen molar-refractivity contribution in [2.75, 3.05) is 18.4 Å². The average Bonchev–Trinajstić information content (AvgIpc) is 3.11. The second kappa shape index (κ2) is 6.43. The maximum Gasteiger partial charge on any atom is 0.272 e. The van der Waals surface area contributed by atoms with Crippen molar-refractivity contribution in [2.24, 2.45) is 0 Å². The third-order valence-corrected chi connectivity index (χ3v) is 4.31. The van der Waals surface area contributed by atoms with Gasteiger partial charge in [-0.05, 0) is 30.7 Å². The van der Waals surface area contributed by atoms with Gasteiger partial charge in [0.15, 0.2) is 0 Å². The second-order valence-electron chi connectivity index (χ2n) is 5.95. The van der Waals surface area contributed by atoms with Crippen molar-refractivity contribution in [3.63, 3.8) is 0 Å². The Labute approximate surface area is 143 Å². The summed E-state index contributed by atoms with van der Waals surface area (Å²) < 4.78 is 14.2. The molecule has 0 radical (unpaired) electrons. The smallest absolute Gasteiger partial charge is 0.272 e. The van der Waals surface area contributed by atoms with Crippen molar-refractivity contribution < 1.29 is 9.18 Å². The molecule has 0 bridgehead atoms. The van der Waals surface area contributed by atoms with E-state index in [-0.39, 0.29) is 17.8 Å². The minimum absolute atomic E-state index is 0.00497. The van der Waals surface area contributed by atoms with E-state index in [0.29, 0.717) is 35.5 Å². The first-order valence-corrected chi connectivity index (χ1v) is 8.08. The molecule has 0 saturated carbocycles. The van der Waals surface area contributed by atoms with Crippen LogP contribution in [0.4, 0.5) is 10.2 Å². The first-order valence-electron chi connectivity index (χ1n) is 8.08. The maximum atomic E-state index is 14.2. The molecule has 1 N–H and O–H groups in total. The number of halogens is 1. The minimum Gasteiger partial charge on any atom is -0.365 e. The van der Waals surface area contributed by atoms with E-state index in [4.69, 9.17) is 0 Å². The van der Waals surface area contributed by atoms with Crippen molar-refractivity contribution in [1.82, 2.24) is 19.9 Å². The van der Waals surface area contributed by atoms with Crippen LogP contribution in [0, 0.1) is 5.82 Å². The summed E-state index contributed by atoms with van der Waals surface area (Å²) in [5.74, 6) is 0.00359. The van der Waals surface area contributed by atoms with Gasteiger partial charge in [0.2, 0.25) is 0 Å². The average molecular weight is 337 g/mol. The van der Waals surface area contributed by atoms with Crippen LogP contribution in [-0.4, -0.2) is 44.9 Å². The number of carbonyl (C=O) groups is 1. The van der Waals surface area contributed by atoms with E-state index < -0.39 is 0 Å². The van der Waals surface area contributed by atoms with Crippen LogP contribution in [0.3, 0.4) is 0 Å². The summed E-state index contributed by atoms with van der Waals surface area (Å²) >= 11 is 0. The first-order chi connectivity index (χ1) is 12.2. The molecule has 1 unspecified atom stereocenters. The van der Waals surface area contributed by atoms with Crippen molar-refractivity contribution in [3.05, 3.63) is 60.4 Å². The number of aromatic nitrogens is 3. The molecule has 4 rings (SSSR count). The molecule has 1 aromatic carbocycles. The van der Waals surface area contributed by atoms with Crippen LogP contribution in [-0.2, 0) is 0 Å². The van der Waals surface area contributed by atoms with Crippen molar-refractivity contribution >= 4 is 22.6 Å². The number of hydrogen-bond acceptors (Lipinski definition) is 5. The topological polar surface area (TPSA) is 71.0 Å². The number of likely N-dealkylation sites (tertiary alicyclic amines) is 1. The summed E-state index contributed by atoms with van der Waals surface area (Å²) in [6.45, 7) is 1.15. The number of fused-ring (bicyclic) bond motifs is 1. The van der Waals surface area contributed by atoms with Crippen molar-refractivity contribution in [2.45, 2.75) is 12.5 Å². The number of anilines is 1. The molecule has 2 aromatic heterocycles. The zero-order valence-electron chi connectivity index (χ0n) is 13.4. The highest BCUT2D eigenvalue weighted by Crippen LogP contribution is 2.24. The molecule has 126 valence electrons. The fourth-order valence-electron chi connectivity index (χ4n) is 3.08. The van der Waals surface area contributed by atoms with Crippen LogP contribution in [0.1, 0.15) is 16.9 Å². The van der Waals surface area contributed by atoms with Gasteiger partial charge in [-0.25, -0.2) is 14.4 Å². The van der Waals surface area contributed by atoms with E-state index in [0.717, 1.165) is 6.42 Å². The molecule has 1 saturated heterocycles. The monoisotopic (exact) mass is 337 g/mol. The van der Waals surface area contributed by atoms with Crippen molar-refractivity contribution in [1.29, 1.82) is 0 Å². The Morgan fingerprint density at radius 1 is 1.16 bits per heavy atom. The molecule has 3 aromatic rings. The fraction of sp³-hybridized carbons (Fsp3) is 0.222. The van der Waals surface area contributed by atoms with Crippen LogP contribution in [0.25, 0.3) is 10.9 Å². The highest BCUT2D eigenvalue weighted by Gasteiger charge is 2.28. The summed E-state index contributed by atoms with van der Waals surface area (Å²) in [5, 5.41) is 3.63. The summed E-state index contributed by atoms with van der Waals surface area (Å²) in [6.07, 6.45) is 3.78. The lowest BCUT2D eigenvalue weighted by Crippen LogP contribution is -2.32. The summed E-state index contributed by atoms with van der Waals surface area (Å²) in [6, 6.07) is 10.0. The molecule has 0 spiro atoms. The van der Waals surface area contributed by atoms with Gasteiger partial charge in [-0.15, -0.1) is 0 Å². The Morgan fingerprint density at radius 2 is 2.08 bits per heavy atom. The molecule has 1 aliphatic heterocycles. The molecule has 1 fully saturated rings. The Balaban J connectivity index is 1.51. The Bertz CT molecular complexity index is 912. The number of rotatable bonds is 3. The van der Waals surface area contributed by atoms with Crippen molar-refractivity contribution in [3.8, 4) is 0 Å². The lowest BCUT2D eigenvalue weighted by atomic mass is 10.2. The van der Waals surface area contributed by atoms with Gasteiger partial charge in [0.05, 0.1) is 10.9 Å². The number of nitrogens with one attached hydrogen (secondary N) is 1. The van der Waals surface area contributed by atoms with Gasteiger partial charge in [-0.2, -0.15) is 0 Å². The van der Waals surface area contributed by atoms with E-state index >= 15 is 0 Å². The maximum absolute atomic E-state index is 14.2. The molecule has 25 heavy (non-hydrogen) atoms. The number of carbonyl (C=O) groups excluding carboxylic acids is 1. The molecule has 1 aliphatic rings. The number of nitrogens with zero attached hydrogens (tertiary/aromatic N) is 4. The zero-order chi connectivity index (χ0) is 17.2. The van der Waals surface area contributed by atoms with Gasteiger partial charge in [-0.3, -0.25) is 9.78 Å². The predicted octanol–water partition coefficient (Wildman–Crippen LogP) is 2.49. The number of hydrogen-bond donors (Lipinski definition) is 1. The van der Waals surface area contributed by atoms with E-state index in [1.807, 2.05) is 0 Å². The standard InChI is InChI=1S/C18H16FN5O/c19-13-4-3-6-14-16(13)17(22-11-21-14)23-12-7-9-24(10-12)18(25)15-5-1-2-8-20-15/h1-6,8,11-12H,7,9-10H2,(H,21,22,23). The van der Waals surface area contributed by atoms with E-state index in [9.17, 15) is 9.18 Å². The quantitative estimate of drug-likeness (QED) is 0.795. The molecule has 7 heteroatoms. The van der Waals surface area contributed by atoms with Gasteiger partial charge in [0.25, 0.3) is 5.91 Å². The number of benzene rings is 1. The Kier molecular flexibility index (Phi) is 3.97. The second-order valence-corrected chi connectivity index (χ2v) is 5.95. The summed E-state index contributed by atoms with van der Waals surface area (Å²) in [5.41, 5.74) is 0.985. The predicted molar refractivity (Wildman–Crippen MR) is 91.7 cm³/mol. The molecule has 3 heterocycles. The first kappa shape index (κ1) is 15.4. The van der Waals surface area contributed by atoms with E-state index in [2.05, 4.69) is 20.3 Å². The van der Waals surface area contributed by atoms with Gasteiger partial charge in [0, 0.05) is 25.3 Å². The Morgan fingerprint density at radius 3 is 2.92 bits per heavy atom. The molecule has 1 amide bonds. The Hall–Kier alpha value is -3.09. The normalized spacial score (nSPS) is 17.0. The lowest BCUT2D eigenvalue weighted by molar-refractivity contribution is 0.0786. The van der Waals surface area contributed by atoms with Gasteiger partial charge in [0.1, 0.15) is 23.7 Å². The fourth-order valence-corrected chi connectivity index (χ4v) is 3.08. The van der Waals surface area contributed by atoms with Gasteiger partial charge in [-0.1, -0.05) is 12.1 Å². The molecular formula is C18H16FN5O. The SMILES string of the molecule is O=C(c1ccccn1)N1CCC(Nc2ncnc3cccc(F)c23)C1. The van der Waals surface area contributed by atoms with E-state index in [1.54, 1.807) is 41.4 Å². The van der Waals surface area contributed by atoms with Crippen LogP contribution >= 0.6 is 0 Å².